The van der Waals surface area contributed by atoms with Crippen molar-refractivity contribution < 1.29 is 4.79 Å². The van der Waals surface area contributed by atoms with Crippen LogP contribution in [0, 0.1) is 5.92 Å². The van der Waals surface area contributed by atoms with Crippen LogP contribution in [0.15, 0.2) is 35.3 Å². The van der Waals surface area contributed by atoms with Crippen molar-refractivity contribution in [2.75, 3.05) is 26.2 Å². The van der Waals surface area contributed by atoms with Crippen LogP contribution in [-0.4, -0.2) is 42.9 Å². The minimum absolute atomic E-state index is 0.0599. The molecule has 1 unspecified atom stereocenters. The van der Waals surface area contributed by atoms with Gasteiger partial charge in [0.1, 0.15) is 0 Å². The molecule has 1 aromatic rings. The van der Waals surface area contributed by atoms with Crippen LogP contribution in [0.5, 0.6) is 0 Å². The first-order valence-electron chi connectivity index (χ1n) is 10.4. The number of guanidine groups is 1. The zero-order valence-corrected chi connectivity index (χ0v) is 17.2. The van der Waals surface area contributed by atoms with Crippen molar-refractivity contribution in [1.82, 2.24) is 10.2 Å². The molecule has 5 nitrogen and oxygen atoms in total. The van der Waals surface area contributed by atoms with E-state index in [9.17, 15) is 4.79 Å². The number of amides is 1. The van der Waals surface area contributed by atoms with Crippen molar-refractivity contribution in [1.29, 1.82) is 0 Å². The van der Waals surface area contributed by atoms with E-state index in [0.29, 0.717) is 12.3 Å². The lowest BCUT2D eigenvalue weighted by molar-refractivity contribution is -0.119. The van der Waals surface area contributed by atoms with Crippen molar-refractivity contribution in [3.05, 3.63) is 35.9 Å². The first-order valence-corrected chi connectivity index (χ1v) is 10.4. The molecule has 1 amide bonds. The highest BCUT2D eigenvalue weighted by molar-refractivity contribution is 5.80. The Morgan fingerprint density at radius 3 is 2.56 bits per heavy atom. The van der Waals surface area contributed by atoms with Gasteiger partial charge in [-0.15, -0.1) is 0 Å². The summed E-state index contributed by atoms with van der Waals surface area (Å²) in [6, 6.07) is 10.7. The van der Waals surface area contributed by atoms with E-state index in [1.807, 2.05) is 0 Å². The van der Waals surface area contributed by atoms with Gasteiger partial charge in [-0.25, -0.2) is 0 Å². The summed E-state index contributed by atoms with van der Waals surface area (Å²) in [5, 5.41) is 3.46. The zero-order chi connectivity index (χ0) is 19.7. The molecule has 150 valence electrons. The van der Waals surface area contributed by atoms with Crippen molar-refractivity contribution >= 4 is 11.9 Å². The van der Waals surface area contributed by atoms with Gasteiger partial charge in [-0.3, -0.25) is 9.79 Å². The number of hydrogen-bond acceptors (Lipinski definition) is 2. The van der Waals surface area contributed by atoms with E-state index in [4.69, 9.17) is 10.7 Å². The average molecular weight is 373 g/mol. The Morgan fingerprint density at radius 2 is 1.96 bits per heavy atom. The minimum Gasteiger partial charge on any atom is -0.370 e. The molecule has 3 N–H and O–H groups in total. The smallest absolute Gasteiger partial charge is 0.217 e. The van der Waals surface area contributed by atoms with Gasteiger partial charge >= 0.3 is 0 Å². The maximum absolute atomic E-state index is 11.3. The van der Waals surface area contributed by atoms with Gasteiger partial charge in [0.2, 0.25) is 5.91 Å². The molecule has 1 aromatic carbocycles. The van der Waals surface area contributed by atoms with Gasteiger partial charge in [0, 0.05) is 31.5 Å². The Labute approximate surface area is 164 Å². The third-order valence-corrected chi connectivity index (χ3v) is 5.91. The summed E-state index contributed by atoms with van der Waals surface area (Å²) in [6.07, 6.45) is 4.72. The number of nitrogens with zero attached hydrogens (tertiary/aromatic N) is 2. The molecule has 1 atom stereocenters. The highest BCUT2D eigenvalue weighted by Crippen LogP contribution is 2.32. The Kier molecular flexibility index (Phi) is 8.14. The second kappa shape index (κ2) is 10.3. The first kappa shape index (κ1) is 21.3. The Bertz CT molecular complexity index is 610. The summed E-state index contributed by atoms with van der Waals surface area (Å²) in [5.74, 6) is 1.09. The third-order valence-electron chi connectivity index (χ3n) is 5.91. The summed E-state index contributed by atoms with van der Waals surface area (Å²) >= 11 is 0. The van der Waals surface area contributed by atoms with E-state index in [1.54, 1.807) is 0 Å². The van der Waals surface area contributed by atoms with Crippen LogP contribution in [0.2, 0.25) is 0 Å². The number of piperidine rings is 1. The van der Waals surface area contributed by atoms with Crippen LogP contribution in [0.4, 0.5) is 0 Å². The maximum Gasteiger partial charge on any atom is 0.217 e. The van der Waals surface area contributed by atoms with E-state index in [0.717, 1.165) is 57.8 Å². The predicted molar refractivity (Wildman–Crippen MR) is 113 cm³/mol. The normalized spacial score (nSPS) is 18.4. The summed E-state index contributed by atoms with van der Waals surface area (Å²) in [7, 11) is 0. The molecule has 0 radical (unpaired) electrons. The molecule has 1 saturated heterocycles. The number of carbonyl (C=O) groups excluding carboxylic acids is 1. The van der Waals surface area contributed by atoms with E-state index in [2.05, 4.69) is 61.3 Å². The van der Waals surface area contributed by atoms with Crippen molar-refractivity contribution in [3.63, 3.8) is 0 Å². The largest absolute Gasteiger partial charge is 0.370 e. The van der Waals surface area contributed by atoms with E-state index < -0.39 is 0 Å². The number of carbonyl (C=O) groups is 1. The molecule has 1 aliphatic rings. The summed E-state index contributed by atoms with van der Waals surface area (Å²) in [5.41, 5.74) is 6.84. The fourth-order valence-electron chi connectivity index (χ4n) is 4.13. The molecular formula is C22H36N4O. The average Bonchev–Trinajstić information content (AvgIpc) is 2.69. The van der Waals surface area contributed by atoms with Crippen molar-refractivity contribution in [3.8, 4) is 0 Å². The number of benzene rings is 1. The van der Waals surface area contributed by atoms with Crippen LogP contribution in [-0.2, 0) is 10.2 Å². The number of nitrogens with two attached hydrogens (primary N) is 1. The molecule has 0 spiro atoms. The fourth-order valence-corrected chi connectivity index (χ4v) is 4.13. The molecule has 5 heteroatoms. The molecule has 0 bridgehead atoms. The highest BCUT2D eigenvalue weighted by atomic mass is 16.1. The number of rotatable bonds is 8. The number of primary amides is 1. The molecule has 27 heavy (non-hydrogen) atoms. The lowest BCUT2D eigenvalue weighted by Crippen LogP contribution is -2.47. The van der Waals surface area contributed by atoms with Gasteiger partial charge < -0.3 is 16.0 Å². The molecule has 1 fully saturated rings. The lowest BCUT2D eigenvalue weighted by atomic mass is 9.76. The molecule has 0 saturated carbocycles. The second-order valence-electron chi connectivity index (χ2n) is 7.65. The van der Waals surface area contributed by atoms with E-state index in [1.165, 1.54) is 5.56 Å². The van der Waals surface area contributed by atoms with Gasteiger partial charge in [-0.2, -0.15) is 0 Å². The first-order chi connectivity index (χ1) is 13.0. The SMILES string of the molecule is CCNC(=NCC(CC)(CC)c1ccccc1)N1CCCC(CC(N)=O)C1. The Hall–Kier alpha value is -2.04. The van der Waals surface area contributed by atoms with E-state index in [-0.39, 0.29) is 11.3 Å². The summed E-state index contributed by atoms with van der Waals surface area (Å²) in [6.45, 7) is 10.1. The quantitative estimate of drug-likeness (QED) is 0.543. The fraction of sp³-hybridized carbons (Fsp3) is 0.636. The van der Waals surface area contributed by atoms with Gasteiger partial charge in [0.25, 0.3) is 0 Å². The second-order valence-corrected chi connectivity index (χ2v) is 7.65. The van der Waals surface area contributed by atoms with Crippen molar-refractivity contribution in [2.45, 2.75) is 58.3 Å². The molecule has 0 aromatic heterocycles. The molecule has 0 aliphatic carbocycles. The standard InChI is InChI=1S/C22H36N4O/c1-4-22(5-2,19-12-8-7-9-13-19)17-25-21(24-6-3)26-14-10-11-18(16-26)15-20(23)27/h7-9,12-13,18H,4-6,10-11,14-17H2,1-3H3,(H2,23,27)(H,24,25). The predicted octanol–water partition coefficient (Wildman–Crippen LogP) is 3.30. The van der Waals surface area contributed by atoms with Gasteiger partial charge in [-0.1, -0.05) is 44.2 Å². The van der Waals surface area contributed by atoms with Crippen LogP contribution >= 0.6 is 0 Å². The summed E-state index contributed by atoms with van der Waals surface area (Å²) in [4.78, 5) is 18.7. The minimum atomic E-state index is -0.205. The van der Waals surface area contributed by atoms with Gasteiger partial charge in [0.15, 0.2) is 5.96 Å². The molecule has 1 aliphatic heterocycles. The number of nitrogens with one attached hydrogen (secondary N) is 1. The van der Waals surface area contributed by atoms with Crippen molar-refractivity contribution in [2.24, 2.45) is 16.6 Å². The van der Waals surface area contributed by atoms with Crippen LogP contribution < -0.4 is 11.1 Å². The number of hydrogen-bond donors (Lipinski definition) is 2. The maximum atomic E-state index is 11.3. The van der Waals surface area contributed by atoms with Crippen LogP contribution in [0.1, 0.15) is 58.4 Å². The molecular weight excluding hydrogens is 336 g/mol. The topological polar surface area (TPSA) is 70.7 Å². The third kappa shape index (κ3) is 5.72. The van der Waals surface area contributed by atoms with Gasteiger partial charge in [-0.05, 0) is 44.1 Å². The van der Waals surface area contributed by atoms with E-state index >= 15 is 0 Å². The number of aliphatic imine (C=N–C) groups is 1. The molecule has 1 heterocycles. The Balaban J connectivity index is 2.18. The monoisotopic (exact) mass is 372 g/mol. The summed E-state index contributed by atoms with van der Waals surface area (Å²) < 4.78 is 0. The zero-order valence-electron chi connectivity index (χ0n) is 17.2. The molecule has 2 rings (SSSR count). The van der Waals surface area contributed by atoms with Crippen LogP contribution in [0.3, 0.4) is 0 Å². The lowest BCUT2D eigenvalue weighted by Gasteiger charge is -2.36. The highest BCUT2D eigenvalue weighted by Gasteiger charge is 2.29. The van der Waals surface area contributed by atoms with Gasteiger partial charge in [0.05, 0.1) is 6.54 Å². The Morgan fingerprint density at radius 1 is 1.26 bits per heavy atom. The van der Waals surface area contributed by atoms with Crippen LogP contribution in [0.25, 0.3) is 0 Å². The number of likely N-dealkylation sites (tertiary alicyclic amines) is 1.